The highest BCUT2D eigenvalue weighted by molar-refractivity contribution is 9.10. The average Bonchev–Trinajstić information content (AvgIpc) is 3.15. The van der Waals surface area contributed by atoms with Crippen LogP contribution in [0.2, 0.25) is 0 Å². The Hall–Kier alpha value is -3.13. The van der Waals surface area contributed by atoms with Crippen molar-refractivity contribution in [3.8, 4) is 0 Å². The van der Waals surface area contributed by atoms with Crippen LogP contribution < -0.4 is 16.1 Å². The molecule has 0 amide bonds. The first-order valence-electron chi connectivity index (χ1n) is 10.6. The Balaban J connectivity index is 1.72. The third kappa shape index (κ3) is 3.39. The van der Waals surface area contributed by atoms with Crippen molar-refractivity contribution in [2.24, 2.45) is 13.0 Å². The quantitative estimate of drug-likeness (QED) is 0.435. The molecule has 4 aromatic rings. The summed E-state index contributed by atoms with van der Waals surface area (Å²) in [5.41, 5.74) is 3.32. The Labute approximate surface area is 193 Å². The summed E-state index contributed by atoms with van der Waals surface area (Å²) in [6.07, 6.45) is 0. The lowest BCUT2D eigenvalue weighted by Crippen LogP contribution is -2.40. The van der Waals surface area contributed by atoms with Gasteiger partial charge in [-0.3, -0.25) is 13.9 Å². The van der Waals surface area contributed by atoms with E-state index in [-0.39, 0.29) is 17.8 Å². The number of fused-ring (bicyclic) bond motifs is 3. The van der Waals surface area contributed by atoms with Gasteiger partial charge in [-0.25, -0.2) is 4.79 Å². The number of imidazole rings is 1. The number of hydrogen-bond acceptors (Lipinski definition) is 4. The van der Waals surface area contributed by atoms with Gasteiger partial charge in [0.15, 0.2) is 11.2 Å². The minimum atomic E-state index is -0.365. The highest BCUT2D eigenvalue weighted by atomic mass is 79.9. The summed E-state index contributed by atoms with van der Waals surface area (Å²) >= 11 is 3.42. The fourth-order valence-corrected chi connectivity index (χ4v) is 4.69. The van der Waals surface area contributed by atoms with Gasteiger partial charge in [0.2, 0.25) is 5.95 Å². The van der Waals surface area contributed by atoms with Crippen LogP contribution in [0.3, 0.4) is 0 Å². The number of aromatic nitrogens is 4. The molecule has 0 saturated heterocycles. The molecule has 2 aromatic carbocycles. The number of anilines is 2. The molecular weight excluding hydrogens is 470 g/mol. The standard InChI is InChI=1S/C24H24BrN5O2/c1-15-5-4-6-19(11-15)28-12-16(2)13-29-20-21(26-23(28)29)27(3)24(32)30(22(20)31)14-17-7-9-18(25)10-8-17/h4-11,16H,12-14H2,1-3H3/t16-/m0/s1. The molecule has 1 atom stereocenters. The molecule has 3 heterocycles. The summed E-state index contributed by atoms with van der Waals surface area (Å²) in [4.78, 5) is 33.6. The lowest BCUT2D eigenvalue weighted by Gasteiger charge is -2.33. The Morgan fingerprint density at radius 2 is 1.84 bits per heavy atom. The van der Waals surface area contributed by atoms with Gasteiger partial charge in [0, 0.05) is 30.3 Å². The number of halogens is 1. The monoisotopic (exact) mass is 493 g/mol. The van der Waals surface area contributed by atoms with Crippen LogP contribution in [-0.2, 0) is 20.1 Å². The van der Waals surface area contributed by atoms with E-state index < -0.39 is 0 Å². The molecule has 1 aliphatic heterocycles. The van der Waals surface area contributed by atoms with E-state index in [0.717, 1.165) is 27.8 Å². The van der Waals surface area contributed by atoms with E-state index in [2.05, 4.69) is 52.9 Å². The normalized spacial score (nSPS) is 15.9. The van der Waals surface area contributed by atoms with E-state index in [1.807, 2.05) is 34.9 Å². The first-order chi connectivity index (χ1) is 15.3. The molecule has 2 aromatic heterocycles. The van der Waals surface area contributed by atoms with Crippen molar-refractivity contribution in [3.63, 3.8) is 0 Å². The van der Waals surface area contributed by atoms with E-state index in [0.29, 0.717) is 29.6 Å². The highest BCUT2D eigenvalue weighted by Gasteiger charge is 2.29. The number of rotatable bonds is 3. The predicted molar refractivity (Wildman–Crippen MR) is 130 cm³/mol. The van der Waals surface area contributed by atoms with E-state index in [1.165, 1.54) is 9.13 Å². The summed E-state index contributed by atoms with van der Waals surface area (Å²) in [5.74, 6) is 1.02. The fourth-order valence-electron chi connectivity index (χ4n) is 4.43. The van der Waals surface area contributed by atoms with Crippen LogP contribution >= 0.6 is 15.9 Å². The van der Waals surface area contributed by atoms with Crippen molar-refractivity contribution < 1.29 is 0 Å². The van der Waals surface area contributed by atoms with Crippen molar-refractivity contribution in [2.75, 3.05) is 11.4 Å². The van der Waals surface area contributed by atoms with E-state index >= 15 is 0 Å². The number of benzene rings is 2. The Bertz CT molecular complexity index is 1450. The maximum Gasteiger partial charge on any atom is 0.332 e. The zero-order valence-corrected chi connectivity index (χ0v) is 19.8. The first-order valence-corrected chi connectivity index (χ1v) is 11.4. The zero-order valence-electron chi connectivity index (χ0n) is 18.2. The van der Waals surface area contributed by atoms with Crippen molar-refractivity contribution in [1.82, 2.24) is 18.7 Å². The molecule has 0 fully saturated rings. The Morgan fingerprint density at radius 1 is 1.09 bits per heavy atom. The Kier molecular flexibility index (Phi) is 5.04. The van der Waals surface area contributed by atoms with Crippen molar-refractivity contribution in [3.05, 3.63) is 85.0 Å². The predicted octanol–water partition coefficient (Wildman–Crippen LogP) is 3.80. The second-order valence-corrected chi connectivity index (χ2v) is 9.52. The van der Waals surface area contributed by atoms with Gasteiger partial charge in [0.05, 0.1) is 6.54 Å². The molecule has 0 saturated carbocycles. The van der Waals surface area contributed by atoms with Gasteiger partial charge in [0.1, 0.15) is 0 Å². The van der Waals surface area contributed by atoms with Crippen LogP contribution in [0.4, 0.5) is 11.6 Å². The van der Waals surface area contributed by atoms with E-state index in [9.17, 15) is 9.59 Å². The van der Waals surface area contributed by atoms with Gasteiger partial charge in [-0.1, -0.05) is 47.1 Å². The molecule has 164 valence electrons. The minimum absolute atomic E-state index is 0.215. The molecule has 0 unspecified atom stereocenters. The number of nitrogens with zero attached hydrogens (tertiary/aromatic N) is 5. The summed E-state index contributed by atoms with van der Waals surface area (Å²) in [5, 5.41) is 0. The fraction of sp³-hybridized carbons (Fsp3) is 0.292. The van der Waals surface area contributed by atoms with Crippen LogP contribution in [0.5, 0.6) is 0 Å². The Morgan fingerprint density at radius 3 is 2.56 bits per heavy atom. The van der Waals surface area contributed by atoms with Crippen molar-refractivity contribution >= 4 is 38.7 Å². The molecule has 7 nitrogen and oxygen atoms in total. The van der Waals surface area contributed by atoms with Crippen molar-refractivity contribution in [1.29, 1.82) is 0 Å². The van der Waals surface area contributed by atoms with Crippen LogP contribution in [-0.4, -0.2) is 25.2 Å². The lowest BCUT2D eigenvalue weighted by molar-refractivity contribution is 0.458. The molecule has 8 heteroatoms. The van der Waals surface area contributed by atoms with Gasteiger partial charge in [-0.15, -0.1) is 0 Å². The molecule has 0 aliphatic carbocycles. The van der Waals surface area contributed by atoms with Crippen LogP contribution in [0.1, 0.15) is 18.1 Å². The molecule has 1 aliphatic rings. The summed E-state index contributed by atoms with van der Waals surface area (Å²) in [7, 11) is 1.68. The maximum absolute atomic E-state index is 13.6. The summed E-state index contributed by atoms with van der Waals surface area (Å²) in [6.45, 7) is 5.92. The van der Waals surface area contributed by atoms with Gasteiger partial charge in [-0.05, 0) is 48.2 Å². The molecule has 0 N–H and O–H groups in total. The molecule has 32 heavy (non-hydrogen) atoms. The van der Waals surface area contributed by atoms with Gasteiger partial charge in [-0.2, -0.15) is 4.98 Å². The minimum Gasteiger partial charge on any atom is -0.312 e. The zero-order chi connectivity index (χ0) is 22.6. The average molecular weight is 494 g/mol. The third-order valence-electron chi connectivity index (χ3n) is 6.01. The van der Waals surface area contributed by atoms with E-state index in [1.54, 1.807) is 7.05 Å². The molecule has 0 spiro atoms. The molecular formula is C24H24BrN5O2. The topological polar surface area (TPSA) is 65.1 Å². The molecule has 0 bridgehead atoms. The van der Waals surface area contributed by atoms with Crippen LogP contribution in [0.25, 0.3) is 11.2 Å². The number of hydrogen-bond donors (Lipinski definition) is 0. The van der Waals surface area contributed by atoms with Gasteiger partial charge < -0.3 is 9.47 Å². The molecule has 5 rings (SSSR count). The SMILES string of the molecule is Cc1cccc(N2C[C@H](C)Cn3c2nc2c3c(=O)n(Cc3ccc(Br)cc3)c(=O)n2C)c1. The maximum atomic E-state index is 13.6. The van der Waals surface area contributed by atoms with Crippen LogP contribution in [0.15, 0.2) is 62.6 Å². The lowest BCUT2D eigenvalue weighted by atomic mass is 10.1. The summed E-state index contributed by atoms with van der Waals surface area (Å²) < 4.78 is 5.72. The van der Waals surface area contributed by atoms with Crippen LogP contribution in [0, 0.1) is 12.8 Å². The largest absolute Gasteiger partial charge is 0.332 e. The summed E-state index contributed by atoms with van der Waals surface area (Å²) in [6, 6.07) is 15.9. The van der Waals surface area contributed by atoms with Gasteiger partial charge >= 0.3 is 5.69 Å². The second kappa shape index (κ2) is 7.78. The van der Waals surface area contributed by atoms with Gasteiger partial charge in [0.25, 0.3) is 5.56 Å². The molecule has 0 radical (unpaired) electrons. The van der Waals surface area contributed by atoms with E-state index in [4.69, 9.17) is 4.98 Å². The highest BCUT2D eigenvalue weighted by Crippen LogP contribution is 2.33. The third-order valence-corrected chi connectivity index (χ3v) is 6.54. The van der Waals surface area contributed by atoms with Crippen molar-refractivity contribution in [2.45, 2.75) is 26.9 Å². The smallest absolute Gasteiger partial charge is 0.312 e. The number of aryl methyl sites for hydroxylation is 2. The second-order valence-electron chi connectivity index (χ2n) is 8.61. The first kappa shape index (κ1) is 20.8.